The summed E-state index contributed by atoms with van der Waals surface area (Å²) in [6.07, 6.45) is -4.78. The van der Waals surface area contributed by atoms with Crippen molar-refractivity contribution in [3.05, 3.63) is 75.2 Å². The molecule has 0 unspecified atom stereocenters. The number of halogens is 4. The highest BCUT2D eigenvalue weighted by atomic mass is 35.5. The predicted molar refractivity (Wildman–Crippen MR) is 115 cm³/mol. The van der Waals surface area contributed by atoms with Crippen LogP contribution in [0.1, 0.15) is 21.1 Å². The van der Waals surface area contributed by atoms with E-state index in [1.165, 1.54) is 23.5 Å². The monoisotopic (exact) mass is 499 g/mol. The van der Waals surface area contributed by atoms with Gasteiger partial charge in [-0.25, -0.2) is 4.98 Å². The summed E-state index contributed by atoms with van der Waals surface area (Å²) in [5.41, 5.74) is 0.992. The summed E-state index contributed by atoms with van der Waals surface area (Å²) in [5.74, 6) is -1.03. The zero-order valence-corrected chi connectivity index (χ0v) is 18.4. The number of rotatable bonds is 9. The molecular formula is C21H17ClF3N3O4S. The first kappa shape index (κ1) is 24.3. The summed E-state index contributed by atoms with van der Waals surface area (Å²) >= 11 is 7.27. The van der Waals surface area contributed by atoms with E-state index >= 15 is 0 Å². The van der Waals surface area contributed by atoms with Gasteiger partial charge in [-0.1, -0.05) is 29.8 Å². The lowest BCUT2D eigenvalue weighted by atomic mass is 10.2. The van der Waals surface area contributed by atoms with Crippen molar-refractivity contribution in [1.82, 2.24) is 15.6 Å². The van der Waals surface area contributed by atoms with Crippen molar-refractivity contribution < 1.29 is 32.2 Å². The highest BCUT2D eigenvalue weighted by molar-refractivity contribution is 7.09. The number of carbonyl (C=O) groups excluding carboxylic acids is 2. The van der Waals surface area contributed by atoms with Crippen LogP contribution in [0, 0.1) is 0 Å². The largest absolute Gasteiger partial charge is 0.573 e. The maximum Gasteiger partial charge on any atom is 0.573 e. The van der Waals surface area contributed by atoms with Crippen molar-refractivity contribution in [3.63, 3.8) is 0 Å². The van der Waals surface area contributed by atoms with Gasteiger partial charge in [0, 0.05) is 16.9 Å². The van der Waals surface area contributed by atoms with Gasteiger partial charge in [-0.05, 0) is 35.9 Å². The predicted octanol–water partition coefficient (Wildman–Crippen LogP) is 4.32. The van der Waals surface area contributed by atoms with E-state index in [1.54, 1.807) is 23.6 Å². The standard InChI is InChI=1S/C21H17ClF3N3O4S/c22-16-4-2-1-3-13(16)9-27-20(30)17-12-33-19(28-17)10-26-18(29)11-31-14-5-7-15(8-6-14)32-21(23,24)25/h1-8,12H,9-11H2,(H,26,29)(H,27,30). The molecule has 2 aromatic carbocycles. The Morgan fingerprint density at radius 1 is 1.00 bits per heavy atom. The maximum atomic E-state index is 12.3. The normalized spacial score (nSPS) is 11.0. The van der Waals surface area contributed by atoms with E-state index in [2.05, 4.69) is 20.4 Å². The molecule has 0 aliphatic carbocycles. The lowest BCUT2D eigenvalue weighted by Crippen LogP contribution is -2.28. The first-order valence-electron chi connectivity index (χ1n) is 9.41. The van der Waals surface area contributed by atoms with E-state index in [0.717, 1.165) is 17.7 Å². The number of carbonyl (C=O) groups is 2. The van der Waals surface area contributed by atoms with Gasteiger partial charge in [0.05, 0.1) is 6.54 Å². The topological polar surface area (TPSA) is 89.6 Å². The minimum absolute atomic E-state index is 0.0863. The Balaban J connectivity index is 1.41. The Morgan fingerprint density at radius 3 is 2.39 bits per heavy atom. The summed E-state index contributed by atoms with van der Waals surface area (Å²) in [6, 6.07) is 11.8. The minimum atomic E-state index is -4.78. The molecule has 33 heavy (non-hydrogen) atoms. The van der Waals surface area contributed by atoms with Gasteiger partial charge in [0.15, 0.2) is 6.61 Å². The van der Waals surface area contributed by atoms with Gasteiger partial charge in [0.2, 0.25) is 0 Å². The molecule has 1 heterocycles. The third-order valence-electron chi connectivity index (χ3n) is 4.05. The molecule has 0 bridgehead atoms. The summed E-state index contributed by atoms with van der Waals surface area (Å²) in [5, 5.41) is 7.96. The van der Waals surface area contributed by atoms with Gasteiger partial charge in [-0.3, -0.25) is 9.59 Å². The quantitative estimate of drug-likeness (QED) is 0.458. The molecule has 0 radical (unpaired) electrons. The van der Waals surface area contributed by atoms with Crippen molar-refractivity contribution in [2.75, 3.05) is 6.61 Å². The molecule has 0 atom stereocenters. The highest BCUT2D eigenvalue weighted by Crippen LogP contribution is 2.24. The van der Waals surface area contributed by atoms with Gasteiger partial charge in [0.25, 0.3) is 11.8 Å². The number of hydrogen-bond donors (Lipinski definition) is 2. The van der Waals surface area contributed by atoms with Crippen LogP contribution in [0.4, 0.5) is 13.2 Å². The Bertz CT molecular complexity index is 1110. The Morgan fingerprint density at radius 2 is 1.70 bits per heavy atom. The molecule has 0 saturated heterocycles. The minimum Gasteiger partial charge on any atom is -0.484 e. The molecule has 0 aliphatic heterocycles. The molecule has 7 nitrogen and oxygen atoms in total. The Kier molecular flexibility index (Phi) is 8.12. The van der Waals surface area contributed by atoms with Crippen LogP contribution in [-0.4, -0.2) is 29.8 Å². The lowest BCUT2D eigenvalue weighted by Gasteiger charge is -2.10. The maximum absolute atomic E-state index is 12.3. The molecule has 2 amide bonds. The summed E-state index contributed by atoms with van der Waals surface area (Å²) in [4.78, 5) is 28.4. The van der Waals surface area contributed by atoms with Crippen molar-refractivity contribution in [2.24, 2.45) is 0 Å². The molecule has 0 saturated carbocycles. The van der Waals surface area contributed by atoms with Crippen molar-refractivity contribution in [1.29, 1.82) is 0 Å². The second-order valence-electron chi connectivity index (χ2n) is 6.49. The number of nitrogens with zero attached hydrogens (tertiary/aromatic N) is 1. The summed E-state index contributed by atoms with van der Waals surface area (Å²) in [7, 11) is 0. The van der Waals surface area contributed by atoms with Crippen LogP contribution in [0.25, 0.3) is 0 Å². The molecule has 3 rings (SSSR count). The molecule has 0 spiro atoms. The average molecular weight is 500 g/mol. The summed E-state index contributed by atoms with van der Waals surface area (Å²) in [6.45, 7) is -0.0121. The van der Waals surface area contributed by atoms with Crippen molar-refractivity contribution >= 4 is 34.8 Å². The fourth-order valence-electron chi connectivity index (χ4n) is 2.52. The van der Waals surface area contributed by atoms with Crippen LogP contribution in [0.3, 0.4) is 0 Å². The molecule has 174 valence electrons. The van der Waals surface area contributed by atoms with Gasteiger partial charge in [-0.2, -0.15) is 0 Å². The molecule has 12 heteroatoms. The molecule has 1 aromatic heterocycles. The van der Waals surface area contributed by atoms with E-state index in [0.29, 0.717) is 10.0 Å². The number of benzene rings is 2. The number of hydrogen-bond acceptors (Lipinski definition) is 6. The first-order chi connectivity index (χ1) is 15.7. The van der Waals surface area contributed by atoms with Crippen LogP contribution in [0.15, 0.2) is 53.9 Å². The van der Waals surface area contributed by atoms with E-state index in [1.807, 2.05) is 6.07 Å². The second-order valence-corrected chi connectivity index (χ2v) is 7.84. The lowest BCUT2D eigenvalue weighted by molar-refractivity contribution is -0.274. The molecule has 3 aromatic rings. The van der Waals surface area contributed by atoms with E-state index < -0.39 is 18.0 Å². The smallest absolute Gasteiger partial charge is 0.484 e. The molecule has 0 fully saturated rings. The van der Waals surface area contributed by atoms with Crippen LogP contribution >= 0.6 is 22.9 Å². The van der Waals surface area contributed by atoms with Gasteiger partial charge in [-0.15, -0.1) is 24.5 Å². The molecule has 0 aliphatic rings. The van der Waals surface area contributed by atoms with E-state index in [9.17, 15) is 22.8 Å². The van der Waals surface area contributed by atoms with E-state index in [4.69, 9.17) is 16.3 Å². The highest BCUT2D eigenvalue weighted by Gasteiger charge is 2.31. The van der Waals surface area contributed by atoms with Crippen LogP contribution in [0.5, 0.6) is 11.5 Å². The number of thiazole rings is 1. The van der Waals surface area contributed by atoms with Gasteiger partial charge < -0.3 is 20.1 Å². The number of amides is 2. The molecular weight excluding hydrogens is 483 g/mol. The zero-order valence-electron chi connectivity index (χ0n) is 16.8. The van der Waals surface area contributed by atoms with Crippen molar-refractivity contribution in [3.8, 4) is 11.5 Å². The third-order valence-corrected chi connectivity index (χ3v) is 5.26. The fourth-order valence-corrected chi connectivity index (χ4v) is 3.43. The second kappa shape index (κ2) is 11.0. The van der Waals surface area contributed by atoms with Crippen LogP contribution < -0.4 is 20.1 Å². The SMILES string of the molecule is O=C(COc1ccc(OC(F)(F)F)cc1)NCc1nc(C(=O)NCc2ccccc2Cl)cs1. The average Bonchev–Trinajstić information content (AvgIpc) is 3.25. The van der Waals surface area contributed by atoms with Crippen LogP contribution in [0.2, 0.25) is 5.02 Å². The fraction of sp³-hybridized carbons (Fsp3) is 0.190. The Labute approximate surface area is 195 Å². The zero-order chi connectivity index (χ0) is 23.8. The van der Waals surface area contributed by atoms with Gasteiger partial charge in [0.1, 0.15) is 22.2 Å². The Hall–Kier alpha value is -3.31. The number of alkyl halides is 3. The van der Waals surface area contributed by atoms with E-state index in [-0.39, 0.29) is 37.0 Å². The van der Waals surface area contributed by atoms with Crippen LogP contribution in [-0.2, 0) is 17.9 Å². The van der Waals surface area contributed by atoms with Gasteiger partial charge >= 0.3 is 6.36 Å². The third kappa shape index (κ3) is 7.95. The van der Waals surface area contributed by atoms with Crippen molar-refractivity contribution in [2.45, 2.75) is 19.5 Å². The first-order valence-corrected chi connectivity index (χ1v) is 10.7. The number of nitrogens with one attached hydrogen (secondary N) is 2. The summed E-state index contributed by atoms with van der Waals surface area (Å²) < 4.78 is 45.4. The number of aromatic nitrogens is 1. The molecule has 2 N–H and O–H groups in total. The number of ether oxygens (including phenoxy) is 2.